The molecule has 2 aliphatic carbocycles. The number of amides is 4. The van der Waals surface area contributed by atoms with Gasteiger partial charge in [0.2, 0.25) is 21.8 Å². The van der Waals surface area contributed by atoms with Crippen molar-refractivity contribution < 1.29 is 57.2 Å². The third kappa shape index (κ3) is 8.29. The molecule has 3 heterocycles. The molecule has 1 saturated heterocycles. The summed E-state index contributed by atoms with van der Waals surface area (Å²) >= 11 is 0. The second-order valence-corrected chi connectivity index (χ2v) is 16.5. The minimum atomic E-state index is -5.17. The van der Waals surface area contributed by atoms with Crippen LogP contribution >= 0.6 is 0 Å². The van der Waals surface area contributed by atoms with Crippen molar-refractivity contribution in [2.45, 2.75) is 127 Å². The standard InChI is InChI=1S/C37H49FN4O9S/c1-22-15-31(22)52(48,49)40-33(45)37-17-24(37)12-8-6-5-7-9-14-28(39-34(46)51-36(2,3)4)32(44)42-20-25(16-29(42)30(43)18-37)50-35(47)41-19-23-11-10-13-27(38)26(23)21-41/h8,10-13,22,24-25,28-29,31H,5-7,9,14-21H2,1-4H3,(H,39,46)(H,40,45)/b12-8-/t22?,24-,25+,28-,29-,31?,37+/m0/s1/i15D2,19D2,21D2,22D,31D. The van der Waals surface area contributed by atoms with E-state index in [0.717, 1.165) is 30.0 Å². The summed E-state index contributed by atoms with van der Waals surface area (Å²) in [6.45, 7) is -0.707. The maximum absolute atomic E-state index is 14.9. The molecule has 3 aliphatic heterocycles. The van der Waals surface area contributed by atoms with E-state index in [1.165, 1.54) is 0 Å². The van der Waals surface area contributed by atoms with Gasteiger partial charge in [0.25, 0.3) is 0 Å². The highest BCUT2D eigenvalue weighted by Gasteiger charge is 2.62. The predicted molar refractivity (Wildman–Crippen MR) is 186 cm³/mol. The Morgan fingerprint density at radius 3 is 2.58 bits per heavy atom. The van der Waals surface area contributed by atoms with E-state index in [4.69, 9.17) is 20.4 Å². The summed E-state index contributed by atoms with van der Waals surface area (Å²) in [6, 6.07) is 0.420. The first-order valence-electron chi connectivity index (χ1n) is 21.3. The van der Waals surface area contributed by atoms with Crippen LogP contribution in [-0.2, 0) is 46.9 Å². The largest absolute Gasteiger partial charge is 0.444 e. The van der Waals surface area contributed by atoms with E-state index in [0.29, 0.717) is 25.7 Å². The Hall–Kier alpha value is -4.01. The molecule has 0 spiro atoms. The summed E-state index contributed by atoms with van der Waals surface area (Å²) in [5.41, 5.74) is -3.88. The van der Waals surface area contributed by atoms with E-state index in [1.807, 2.05) is 0 Å². The lowest BCUT2D eigenvalue weighted by molar-refractivity contribution is -0.140. The first-order chi connectivity index (χ1) is 27.5. The van der Waals surface area contributed by atoms with Gasteiger partial charge in [-0.05, 0) is 76.3 Å². The van der Waals surface area contributed by atoms with Crippen molar-refractivity contribution in [1.82, 2.24) is 19.8 Å². The maximum atomic E-state index is 14.9. The van der Waals surface area contributed by atoms with Crippen LogP contribution in [0, 0.1) is 23.0 Å². The molecule has 2 saturated carbocycles. The molecular weight excluding hydrogens is 695 g/mol. The Morgan fingerprint density at radius 2 is 1.88 bits per heavy atom. The molecule has 1 aromatic rings. The topological polar surface area (TPSA) is 168 Å². The van der Waals surface area contributed by atoms with Gasteiger partial charge in [0.1, 0.15) is 23.6 Å². The lowest BCUT2D eigenvalue weighted by Gasteiger charge is -2.30. The monoisotopic (exact) mass is 752 g/mol. The minimum Gasteiger partial charge on any atom is -0.444 e. The number of carbonyl (C=O) groups is 5. The van der Waals surface area contributed by atoms with E-state index < -0.39 is 142 Å². The number of halogens is 1. The summed E-state index contributed by atoms with van der Waals surface area (Å²) < 4.78 is 121. The first kappa shape index (κ1) is 28.5. The summed E-state index contributed by atoms with van der Waals surface area (Å²) in [7, 11) is -5.17. The first-order valence-corrected chi connectivity index (χ1v) is 18.8. The fourth-order valence-corrected chi connectivity index (χ4v) is 8.15. The van der Waals surface area contributed by atoms with Gasteiger partial charge in [-0.2, -0.15) is 0 Å². The quantitative estimate of drug-likeness (QED) is 0.412. The molecule has 0 radical (unpaired) electrons. The number of ether oxygens (including phenoxy) is 2. The molecule has 13 nitrogen and oxygen atoms in total. The Kier molecular flexibility index (Phi) is 7.91. The molecular formula is C37H49FN4O9S. The van der Waals surface area contributed by atoms with Crippen molar-refractivity contribution >= 4 is 39.8 Å². The molecule has 7 atom stereocenters. The maximum Gasteiger partial charge on any atom is 0.410 e. The van der Waals surface area contributed by atoms with Crippen LogP contribution in [0.1, 0.15) is 108 Å². The third-order valence-electron chi connectivity index (χ3n) is 9.71. The van der Waals surface area contributed by atoms with E-state index in [-0.39, 0.29) is 17.7 Å². The molecule has 3 fully saturated rings. The molecule has 2 unspecified atom stereocenters. The van der Waals surface area contributed by atoms with Crippen LogP contribution < -0.4 is 10.0 Å². The van der Waals surface area contributed by atoms with E-state index in [2.05, 4.69) is 5.32 Å². The van der Waals surface area contributed by atoms with Crippen molar-refractivity contribution in [3.8, 4) is 0 Å². The van der Waals surface area contributed by atoms with E-state index in [1.54, 1.807) is 37.6 Å². The summed E-state index contributed by atoms with van der Waals surface area (Å²) in [5.74, 6) is -7.06. The van der Waals surface area contributed by atoms with E-state index in [9.17, 15) is 36.8 Å². The van der Waals surface area contributed by atoms with Crippen molar-refractivity contribution in [3.63, 3.8) is 0 Å². The van der Waals surface area contributed by atoms with Crippen molar-refractivity contribution in [2.24, 2.45) is 17.2 Å². The molecule has 52 heavy (non-hydrogen) atoms. The number of rotatable bonds is 5. The molecule has 0 bridgehead atoms. The van der Waals surface area contributed by atoms with Gasteiger partial charge < -0.3 is 19.7 Å². The molecule has 284 valence electrons. The highest BCUT2D eigenvalue weighted by Crippen LogP contribution is 2.57. The molecule has 5 aliphatic rings. The van der Waals surface area contributed by atoms with Crippen molar-refractivity contribution in [2.75, 3.05) is 6.54 Å². The number of sulfonamides is 1. The highest BCUT2D eigenvalue weighted by atomic mass is 32.2. The fourth-order valence-electron chi connectivity index (χ4n) is 6.91. The Balaban J connectivity index is 1.32. The van der Waals surface area contributed by atoms with Crippen molar-refractivity contribution in [1.29, 1.82) is 0 Å². The predicted octanol–water partition coefficient (Wildman–Crippen LogP) is 4.48. The number of fused-ring (bicyclic) bond motifs is 3. The van der Waals surface area contributed by atoms with E-state index >= 15 is 0 Å². The van der Waals surface area contributed by atoms with Crippen LogP contribution in [0.3, 0.4) is 0 Å². The van der Waals surface area contributed by atoms with Crippen LogP contribution in [0.5, 0.6) is 0 Å². The molecule has 4 amide bonds. The van der Waals surface area contributed by atoms with Gasteiger partial charge in [0, 0.05) is 30.4 Å². The lowest BCUT2D eigenvalue weighted by atomic mass is 9.91. The molecule has 6 rings (SSSR count). The van der Waals surface area contributed by atoms with Crippen LogP contribution in [0.2, 0.25) is 0 Å². The van der Waals surface area contributed by atoms with Crippen LogP contribution in [0.25, 0.3) is 0 Å². The smallest absolute Gasteiger partial charge is 0.410 e. The molecule has 1 aromatic carbocycles. The second kappa shape index (κ2) is 14.4. The SMILES string of the molecule is [2H]C1([2H])c2cccc(F)c2C([2H])([2H])N1C(=O)O[C@@H]1C[C@H]2C(=O)C[C@]3(C(=O)NS(=O)(=O)C4([2H])C([2H])([2H])C4([2H])C)C[C@@H]3/C=C\CCCCC[C@H](NC(=O)OC(C)(C)C)C(=O)N2C1. The lowest BCUT2D eigenvalue weighted by Crippen LogP contribution is -2.53. The molecule has 2 N–H and O–H groups in total. The van der Waals surface area contributed by atoms with Gasteiger partial charge in [-0.15, -0.1) is 0 Å². The highest BCUT2D eigenvalue weighted by molar-refractivity contribution is 7.91. The Bertz CT molecular complexity index is 2120. The van der Waals surface area contributed by atoms with Gasteiger partial charge in [-0.3, -0.25) is 24.0 Å². The summed E-state index contributed by atoms with van der Waals surface area (Å²) in [6.07, 6.45) is -2.34. The zero-order valence-electron chi connectivity index (χ0n) is 37.4. The van der Waals surface area contributed by atoms with Crippen LogP contribution in [-0.4, -0.2) is 83.6 Å². The number of carbonyl (C=O) groups excluding carboxylic acids is 5. The zero-order valence-corrected chi connectivity index (χ0v) is 30.2. The Labute approximate surface area is 315 Å². The number of ketones is 1. The Morgan fingerprint density at radius 1 is 1.13 bits per heavy atom. The van der Waals surface area contributed by atoms with Crippen LogP contribution in [0.15, 0.2) is 30.4 Å². The third-order valence-corrected chi connectivity index (χ3v) is 11.1. The van der Waals surface area contributed by atoms with Gasteiger partial charge in [-0.25, -0.2) is 22.4 Å². The van der Waals surface area contributed by atoms with Gasteiger partial charge in [-0.1, -0.05) is 44.1 Å². The number of benzene rings is 1. The molecule has 15 heteroatoms. The average Bonchev–Trinajstić information content (AvgIpc) is 3.72. The average molecular weight is 753 g/mol. The van der Waals surface area contributed by atoms with Crippen molar-refractivity contribution in [3.05, 3.63) is 47.3 Å². The van der Waals surface area contributed by atoms with Gasteiger partial charge in [0.05, 0.1) is 35.2 Å². The number of Topliss-reactive ketones (excluding diaryl/α,β-unsaturated/α-hetero) is 1. The number of allylic oxidation sites excluding steroid dienone is 2. The number of alkyl carbamates (subject to hydrolysis) is 1. The summed E-state index contributed by atoms with van der Waals surface area (Å²) in [5, 5.41) is -0.495. The molecule has 0 aromatic heterocycles. The number of nitrogens with one attached hydrogen (secondary N) is 2. The summed E-state index contributed by atoms with van der Waals surface area (Å²) in [4.78, 5) is 70.8. The number of hydrogen-bond acceptors (Lipinski definition) is 9. The van der Waals surface area contributed by atoms with Crippen LogP contribution in [0.4, 0.5) is 14.0 Å². The second-order valence-electron chi connectivity index (χ2n) is 14.9. The van der Waals surface area contributed by atoms with Gasteiger partial charge >= 0.3 is 12.2 Å². The minimum absolute atomic E-state index is 0.0508. The number of nitrogens with zero attached hydrogens (tertiary/aromatic N) is 2. The number of hydrogen-bond donors (Lipinski definition) is 2. The zero-order chi connectivity index (χ0) is 44.8. The normalized spacial score (nSPS) is 39.2. The fraction of sp³-hybridized carbons (Fsp3) is 0.649. The van der Waals surface area contributed by atoms with Gasteiger partial charge in [0.15, 0.2) is 5.78 Å².